The fraction of sp³-hybridized carbons (Fsp3) is 0.375. The number of ether oxygens (including phenoxy) is 1. The van der Waals surface area contributed by atoms with Gasteiger partial charge in [0, 0.05) is 18.7 Å². The Balaban J connectivity index is 1.38. The van der Waals surface area contributed by atoms with Gasteiger partial charge in [0.2, 0.25) is 15.9 Å². The SMILES string of the molecule is COc1ncnc(C2CC2)c1-c1ncc2nc(NCc3ccc(S(N)(=O)=O)cn3)c(=O)n(CC3CC3)c2n1. The normalized spacial score (nSPS) is 15.5. The maximum atomic E-state index is 13.5. The van der Waals surface area contributed by atoms with Gasteiger partial charge in [-0.05, 0) is 43.7 Å². The second-order valence-electron chi connectivity index (χ2n) is 9.52. The molecule has 13 nitrogen and oxygen atoms in total. The summed E-state index contributed by atoms with van der Waals surface area (Å²) >= 11 is 0. The van der Waals surface area contributed by atoms with E-state index in [1.165, 1.54) is 24.7 Å². The molecule has 4 aromatic rings. The molecule has 3 N–H and O–H groups in total. The van der Waals surface area contributed by atoms with Crippen molar-refractivity contribution in [3.8, 4) is 17.3 Å². The molecule has 0 amide bonds. The van der Waals surface area contributed by atoms with Gasteiger partial charge < -0.3 is 10.1 Å². The van der Waals surface area contributed by atoms with Crippen LogP contribution in [0.4, 0.5) is 5.82 Å². The number of hydrogen-bond donors (Lipinski definition) is 2. The molecular weight excluding hydrogens is 510 g/mol. The Morgan fingerprint density at radius 3 is 2.55 bits per heavy atom. The molecule has 0 aromatic carbocycles. The number of nitrogens with two attached hydrogens (primary N) is 1. The number of primary sulfonamides is 1. The third kappa shape index (κ3) is 4.79. The molecule has 38 heavy (non-hydrogen) atoms. The number of pyridine rings is 1. The Morgan fingerprint density at radius 2 is 1.89 bits per heavy atom. The summed E-state index contributed by atoms with van der Waals surface area (Å²) in [6.07, 6.45) is 8.41. The topological polar surface area (TPSA) is 181 Å². The number of aromatic nitrogens is 7. The Bertz CT molecular complexity index is 1700. The molecule has 0 spiro atoms. The van der Waals surface area contributed by atoms with Crippen molar-refractivity contribution in [1.82, 2.24) is 34.5 Å². The van der Waals surface area contributed by atoms with Crippen LogP contribution in [0.2, 0.25) is 0 Å². The van der Waals surface area contributed by atoms with E-state index in [0.29, 0.717) is 52.5 Å². The monoisotopic (exact) mass is 535 g/mol. The predicted octanol–water partition coefficient (Wildman–Crippen LogP) is 1.59. The molecule has 6 rings (SSSR count). The van der Waals surface area contributed by atoms with E-state index in [1.54, 1.807) is 17.9 Å². The third-order valence-electron chi connectivity index (χ3n) is 6.61. The molecule has 196 valence electrons. The molecule has 2 fully saturated rings. The fourth-order valence-electron chi connectivity index (χ4n) is 4.27. The van der Waals surface area contributed by atoms with Crippen LogP contribution in [-0.4, -0.2) is 50.0 Å². The van der Waals surface area contributed by atoms with Crippen LogP contribution >= 0.6 is 0 Å². The standard InChI is InChI=1S/C24H25N9O4S/c1-37-23-18(19(14-4-5-14)29-12-30-23)20-28-10-17-22(32-20)33(11-13-2-3-13)24(34)21(31-17)27-8-15-6-7-16(9-26-15)38(25,35)36/h6-7,9-10,12-14H,2-5,8,11H2,1H3,(H,27,31)(H2,25,35,36). The Hall–Kier alpha value is -4.04. The Labute approximate surface area is 217 Å². The summed E-state index contributed by atoms with van der Waals surface area (Å²) < 4.78 is 30.1. The van der Waals surface area contributed by atoms with E-state index in [1.807, 2.05) is 0 Å². The van der Waals surface area contributed by atoms with Crippen LogP contribution in [0.5, 0.6) is 5.88 Å². The van der Waals surface area contributed by atoms with Gasteiger partial charge in [0.25, 0.3) is 5.56 Å². The first-order chi connectivity index (χ1) is 18.3. The molecule has 4 heterocycles. The largest absolute Gasteiger partial charge is 0.480 e. The van der Waals surface area contributed by atoms with Crippen molar-refractivity contribution in [3.63, 3.8) is 0 Å². The van der Waals surface area contributed by atoms with Gasteiger partial charge in [-0.3, -0.25) is 14.3 Å². The number of nitrogens with zero attached hydrogens (tertiary/aromatic N) is 7. The van der Waals surface area contributed by atoms with Gasteiger partial charge in [-0.25, -0.2) is 38.5 Å². The maximum absolute atomic E-state index is 13.5. The van der Waals surface area contributed by atoms with Crippen molar-refractivity contribution in [2.45, 2.75) is 49.6 Å². The van der Waals surface area contributed by atoms with Crippen molar-refractivity contribution >= 4 is 27.0 Å². The highest BCUT2D eigenvalue weighted by Gasteiger charge is 2.32. The first-order valence-electron chi connectivity index (χ1n) is 12.2. The van der Waals surface area contributed by atoms with Crippen LogP contribution in [0, 0.1) is 5.92 Å². The van der Waals surface area contributed by atoms with Gasteiger partial charge in [0.1, 0.15) is 22.3 Å². The smallest absolute Gasteiger partial charge is 0.294 e. The quantitative estimate of drug-likeness (QED) is 0.318. The van der Waals surface area contributed by atoms with E-state index in [4.69, 9.17) is 14.9 Å². The van der Waals surface area contributed by atoms with Gasteiger partial charge in [0.05, 0.1) is 31.2 Å². The molecule has 2 aliphatic rings. The molecule has 0 bridgehead atoms. The van der Waals surface area contributed by atoms with Gasteiger partial charge in [0.15, 0.2) is 17.3 Å². The van der Waals surface area contributed by atoms with Gasteiger partial charge in [-0.15, -0.1) is 0 Å². The Kier molecular flexibility index (Phi) is 5.99. The molecule has 2 saturated carbocycles. The zero-order valence-corrected chi connectivity index (χ0v) is 21.3. The van der Waals surface area contributed by atoms with Crippen molar-refractivity contribution in [3.05, 3.63) is 52.6 Å². The highest BCUT2D eigenvalue weighted by Crippen LogP contribution is 2.44. The minimum Gasteiger partial charge on any atom is -0.480 e. The lowest BCUT2D eigenvalue weighted by Crippen LogP contribution is -2.27. The zero-order valence-electron chi connectivity index (χ0n) is 20.5. The average Bonchev–Trinajstić information content (AvgIpc) is 3.83. The Morgan fingerprint density at radius 1 is 1.08 bits per heavy atom. The average molecular weight is 536 g/mol. The zero-order chi connectivity index (χ0) is 26.4. The third-order valence-corrected chi connectivity index (χ3v) is 7.51. The number of methoxy groups -OCH3 is 1. The lowest BCUT2D eigenvalue weighted by Gasteiger charge is -2.14. The van der Waals surface area contributed by atoms with Crippen molar-refractivity contribution in [2.24, 2.45) is 11.1 Å². The molecule has 0 atom stereocenters. The molecule has 0 unspecified atom stereocenters. The van der Waals surface area contributed by atoms with Crippen LogP contribution in [0.1, 0.15) is 43.0 Å². The summed E-state index contributed by atoms with van der Waals surface area (Å²) in [4.78, 5) is 40.1. The number of rotatable bonds is 9. The molecule has 0 saturated heterocycles. The van der Waals surface area contributed by atoms with Crippen molar-refractivity contribution < 1.29 is 13.2 Å². The summed E-state index contributed by atoms with van der Waals surface area (Å²) in [6.45, 7) is 0.673. The van der Waals surface area contributed by atoms with E-state index in [-0.39, 0.29) is 22.8 Å². The second-order valence-corrected chi connectivity index (χ2v) is 11.1. The van der Waals surface area contributed by atoms with Gasteiger partial charge in [-0.2, -0.15) is 0 Å². The first kappa shape index (κ1) is 24.3. The summed E-state index contributed by atoms with van der Waals surface area (Å²) in [7, 11) is -2.29. The molecule has 0 radical (unpaired) electrons. The number of nitrogens with one attached hydrogen (secondary N) is 1. The minimum atomic E-state index is -3.84. The molecule has 2 aliphatic carbocycles. The first-order valence-corrected chi connectivity index (χ1v) is 13.7. The van der Waals surface area contributed by atoms with Crippen molar-refractivity contribution in [1.29, 1.82) is 0 Å². The second kappa shape index (κ2) is 9.36. The number of hydrogen-bond acceptors (Lipinski definition) is 11. The van der Waals surface area contributed by atoms with Crippen molar-refractivity contribution in [2.75, 3.05) is 12.4 Å². The lowest BCUT2D eigenvalue weighted by atomic mass is 10.1. The van der Waals surface area contributed by atoms with E-state index in [2.05, 4.69) is 30.2 Å². The van der Waals surface area contributed by atoms with Gasteiger partial charge in [-0.1, -0.05) is 0 Å². The van der Waals surface area contributed by atoms with Crippen LogP contribution in [0.15, 0.2) is 40.5 Å². The van der Waals surface area contributed by atoms with E-state index >= 15 is 0 Å². The highest BCUT2D eigenvalue weighted by molar-refractivity contribution is 7.89. The number of fused-ring (bicyclic) bond motifs is 1. The fourth-order valence-corrected chi connectivity index (χ4v) is 4.73. The number of sulfonamides is 1. The minimum absolute atomic E-state index is 0.0879. The van der Waals surface area contributed by atoms with Crippen LogP contribution in [0.3, 0.4) is 0 Å². The lowest BCUT2D eigenvalue weighted by molar-refractivity contribution is 0.397. The van der Waals surface area contributed by atoms with Gasteiger partial charge >= 0.3 is 0 Å². The van der Waals surface area contributed by atoms with Crippen LogP contribution in [0.25, 0.3) is 22.6 Å². The highest BCUT2D eigenvalue weighted by atomic mass is 32.2. The summed E-state index contributed by atoms with van der Waals surface area (Å²) in [5.74, 6) is 1.62. The van der Waals surface area contributed by atoms with Crippen LogP contribution in [-0.2, 0) is 23.1 Å². The van der Waals surface area contributed by atoms with E-state index in [9.17, 15) is 13.2 Å². The molecule has 4 aromatic heterocycles. The molecule has 14 heteroatoms. The summed E-state index contributed by atoms with van der Waals surface area (Å²) in [6, 6.07) is 2.89. The summed E-state index contributed by atoms with van der Waals surface area (Å²) in [5.41, 5.74) is 2.58. The number of anilines is 1. The maximum Gasteiger partial charge on any atom is 0.294 e. The molecule has 0 aliphatic heterocycles. The summed E-state index contributed by atoms with van der Waals surface area (Å²) in [5, 5.41) is 8.16. The molecular formula is C24H25N9O4S. The van der Waals surface area contributed by atoms with E-state index in [0.717, 1.165) is 31.4 Å². The van der Waals surface area contributed by atoms with E-state index < -0.39 is 10.0 Å². The van der Waals surface area contributed by atoms with Crippen LogP contribution < -0.4 is 20.8 Å². The predicted molar refractivity (Wildman–Crippen MR) is 137 cm³/mol.